The number of aromatic nitrogens is 2. The van der Waals surface area contributed by atoms with Crippen LogP contribution < -0.4 is 11.1 Å². The normalized spacial score (nSPS) is 10.7. The lowest BCUT2D eigenvalue weighted by Gasteiger charge is -2.00. The number of nitrogens with two attached hydrogens (primary N) is 1. The number of rotatable bonds is 7. The molecule has 0 saturated carbocycles. The van der Waals surface area contributed by atoms with Crippen LogP contribution in [-0.4, -0.2) is 22.6 Å². The maximum Gasteiger partial charge on any atom is 0.248 e. The highest BCUT2D eigenvalue weighted by atomic mass is 79.9. The largest absolute Gasteiger partial charge is 0.419 e. The second-order valence-electron chi connectivity index (χ2n) is 4.23. The predicted molar refractivity (Wildman–Crippen MR) is 77.6 cm³/mol. The van der Waals surface area contributed by atoms with Crippen LogP contribution in [0.15, 0.2) is 33.2 Å². The molecule has 7 heteroatoms. The predicted octanol–water partition coefficient (Wildman–Crippen LogP) is 1.85. The summed E-state index contributed by atoms with van der Waals surface area (Å²) < 4.78 is 6.48. The molecule has 0 aliphatic heterocycles. The number of carbonyl (C=O) groups is 1. The molecule has 1 amide bonds. The molecule has 2 rings (SSSR count). The molecular formula is C13H15BrN4O2. The van der Waals surface area contributed by atoms with E-state index < -0.39 is 0 Å². The summed E-state index contributed by atoms with van der Waals surface area (Å²) in [6, 6.07) is 7.65. The van der Waals surface area contributed by atoms with Gasteiger partial charge in [0.1, 0.15) is 0 Å². The van der Waals surface area contributed by atoms with Gasteiger partial charge in [-0.15, -0.1) is 10.2 Å². The summed E-state index contributed by atoms with van der Waals surface area (Å²) in [5, 5.41) is 11.1. The Morgan fingerprint density at radius 1 is 1.35 bits per heavy atom. The third-order valence-electron chi connectivity index (χ3n) is 2.62. The Morgan fingerprint density at radius 2 is 2.15 bits per heavy atom. The molecule has 106 valence electrons. The van der Waals surface area contributed by atoms with Crippen molar-refractivity contribution in [1.29, 1.82) is 0 Å². The van der Waals surface area contributed by atoms with Gasteiger partial charge in [-0.1, -0.05) is 12.1 Å². The second-order valence-corrected chi connectivity index (χ2v) is 5.08. The molecule has 1 aromatic heterocycles. The van der Waals surface area contributed by atoms with E-state index in [9.17, 15) is 4.79 Å². The average molecular weight is 339 g/mol. The SMILES string of the molecule is NC(=O)CCCNCc1nnc(-c2ccccc2Br)o1. The van der Waals surface area contributed by atoms with E-state index in [1.807, 2.05) is 24.3 Å². The van der Waals surface area contributed by atoms with Crippen LogP contribution in [0, 0.1) is 0 Å². The number of halogens is 1. The van der Waals surface area contributed by atoms with Crippen LogP contribution in [0.1, 0.15) is 18.7 Å². The van der Waals surface area contributed by atoms with Gasteiger partial charge in [0.15, 0.2) is 0 Å². The lowest BCUT2D eigenvalue weighted by atomic mass is 10.2. The Balaban J connectivity index is 1.87. The first-order chi connectivity index (χ1) is 9.66. The highest BCUT2D eigenvalue weighted by Gasteiger charge is 2.10. The van der Waals surface area contributed by atoms with Crippen LogP contribution in [0.25, 0.3) is 11.5 Å². The molecule has 1 aromatic carbocycles. The Hall–Kier alpha value is -1.73. The molecule has 0 atom stereocenters. The Labute approximate surface area is 124 Å². The standard InChI is InChI=1S/C13H15BrN4O2/c14-10-5-2-1-4-9(10)13-18-17-12(20-13)8-16-7-3-6-11(15)19/h1-2,4-5,16H,3,6-8H2,(H2,15,19). The number of primary amides is 1. The maximum absolute atomic E-state index is 10.6. The molecule has 0 radical (unpaired) electrons. The fourth-order valence-electron chi connectivity index (χ4n) is 1.65. The van der Waals surface area contributed by atoms with Crippen LogP contribution in [0.2, 0.25) is 0 Å². The van der Waals surface area contributed by atoms with E-state index >= 15 is 0 Å². The third kappa shape index (κ3) is 4.14. The van der Waals surface area contributed by atoms with Crippen molar-refractivity contribution in [3.63, 3.8) is 0 Å². The minimum absolute atomic E-state index is 0.291. The third-order valence-corrected chi connectivity index (χ3v) is 3.32. The molecule has 0 aliphatic carbocycles. The molecule has 1 heterocycles. The van der Waals surface area contributed by atoms with Gasteiger partial charge in [0.05, 0.1) is 12.1 Å². The molecule has 3 N–H and O–H groups in total. The second kappa shape index (κ2) is 7.16. The minimum Gasteiger partial charge on any atom is -0.419 e. The molecule has 2 aromatic rings. The summed E-state index contributed by atoms with van der Waals surface area (Å²) in [5.74, 6) is 0.696. The number of hydrogen-bond acceptors (Lipinski definition) is 5. The summed E-state index contributed by atoms with van der Waals surface area (Å²) in [6.45, 7) is 1.14. The van der Waals surface area contributed by atoms with E-state index in [2.05, 4.69) is 31.4 Å². The summed E-state index contributed by atoms with van der Waals surface area (Å²) in [5.41, 5.74) is 5.92. The van der Waals surface area contributed by atoms with E-state index in [1.165, 1.54) is 0 Å². The van der Waals surface area contributed by atoms with Gasteiger partial charge in [-0.3, -0.25) is 4.79 Å². The van der Waals surface area contributed by atoms with Crippen molar-refractivity contribution >= 4 is 21.8 Å². The van der Waals surface area contributed by atoms with Gasteiger partial charge in [-0.05, 0) is 41.0 Å². The molecule has 20 heavy (non-hydrogen) atoms. The fourth-order valence-corrected chi connectivity index (χ4v) is 2.11. The highest BCUT2D eigenvalue weighted by Crippen LogP contribution is 2.26. The Kier molecular flexibility index (Phi) is 5.25. The lowest BCUT2D eigenvalue weighted by Crippen LogP contribution is -2.18. The molecule has 6 nitrogen and oxygen atoms in total. The number of carbonyl (C=O) groups excluding carboxylic acids is 1. The topological polar surface area (TPSA) is 94.0 Å². The lowest BCUT2D eigenvalue weighted by molar-refractivity contribution is -0.118. The van der Waals surface area contributed by atoms with Crippen molar-refractivity contribution in [1.82, 2.24) is 15.5 Å². The molecule has 0 unspecified atom stereocenters. The minimum atomic E-state index is -0.291. The number of hydrogen-bond donors (Lipinski definition) is 2. The summed E-state index contributed by atoms with van der Waals surface area (Å²) in [7, 11) is 0. The van der Waals surface area contributed by atoms with Gasteiger partial charge in [-0.2, -0.15) is 0 Å². The number of amides is 1. The first-order valence-corrected chi connectivity index (χ1v) is 7.02. The Bertz CT molecular complexity index is 585. The zero-order valence-corrected chi connectivity index (χ0v) is 12.4. The van der Waals surface area contributed by atoms with E-state index in [1.54, 1.807) is 0 Å². The summed E-state index contributed by atoms with van der Waals surface area (Å²) in [6.07, 6.45) is 1.07. The first kappa shape index (κ1) is 14.7. The number of nitrogens with zero attached hydrogens (tertiary/aromatic N) is 2. The van der Waals surface area contributed by atoms with Crippen molar-refractivity contribution in [3.8, 4) is 11.5 Å². The van der Waals surface area contributed by atoms with Crippen molar-refractivity contribution in [2.24, 2.45) is 5.73 Å². The van der Waals surface area contributed by atoms with Gasteiger partial charge < -0.3 is 15.5 Å². The number of nitrogens with one attached hydrogen (secondary N) is 1. The van der Waals surface area contributed by atoms with E-state index in [-0.39, 0.29) is 5.91 Å². The van der Waals surface area contributed by atoms with Crippen molar-refractivity contribution < 1.29 is 9.21 Å². The Morgan fingerprint density at radius 3 is 2.90 bits per heavy atom. The molecule has 0 fully saturated rings. The molecule has 0 aliphatic rings. The zero-order valence-electron chi connectivity index (χ0n) is 10.8. The van der Waals surface area contributed by atoms with Crippen molar-refractivity contribution in [2.75, 3.05) is 6.54 Å². The smallest absolute Gasteiger partial charge is 0.248 e. The number of benzene rings is 1. The van der Waals surface area contributed by atoms with Gasteiger partial charge in [-0.25, -0.2) is 0 Å². The molecular weight excluding hydrogens is 324 g/mol. The van der Waals surface area contributed by atoms with Crippen LogP contribution in [0.3, 0.4) is 0 Å². The summed E-state index contributed by atoms with van der Waals surface area (Å²) in [4.78, 5) is 10.6. The fraction of sp³-hybridized carbons (Fsp3) is 0.308. The molecule has 0 saturated heterocycles. The monoisotopic (exact) mass is 338 g/mol. The molecule has 0 spiro atoms. The first-order valence-electron chi connectivity index (χ1n) is 6.23. The van der Waals surface area contributed by atoms with Crippen LogP contribution in [0.4, 0.5) is 0 Å². The van der Waals surface area contributed by atoms with Crippen LogP contribution >= 0.6 is 15.9 Å². The summed E-state index contributed by atoms with van der Waals surface area (Å²) >= 11 is 3.44. The zero-order chi connectivity index (χ0) is 14.4. The van der Waals surface area contributed by atoms with Gasteiger partial charge in [0.2, 0.25) is 17.7 Å². The van der Waals surface area contributed by atoms with Gasteiger partial charge in [0, 0.05) is 10.9 Å². The quantitative estimate of drug-likeness (QED) is 0.751. The van der Waals surface area contributed by atoms with Crippen molar-refractivity contribution in [3.05, 3.63) is 34.6 Å². The molecule has 0 bridgehead atoms. The maximum atomic E-state index is 10.6. The van der Waals surface area contributed by atoms with Crippen LogP contribution in [-0.2, 0) is 11.3 Å². The van der Waals surface area contributed by atoms with E-state index in [0.717, 1.165) is 10.0 Å². The van der Waals surface area contributed by atoms with E-state index in [0.29, 0.717) is 37.7 Å². The van der Waals surface area contributed by atoms with E-state index in [4.69, 9.17) is 10.2 Å². The van der Waals surface area contributed by atoms with Crippen LogP contribution in [0.5, 0.6) is 0 Å². The average Bonchev–Trinajstić information content (AvgIpc) is 2.87. The van der Waals surface area contributed by atoms with Gasteiger partial charge in [0.25, 0.3) is 0 Å². The van der Waals surface area contributed by atoms with Crippen molar-refractivity contribution in [2.45, 2.75) is 19.4 Å². The highest BCUT2D eigenvalue weighted by molar-refractivity contribution is 9.10. The van der Waals surface area contributed by atoms with Gasteiger partial charge >= 0.3 is 0 Å².